The second-order valence-electron chi connectivity index (χ2n) is 4.09. The molecule has 4 heteroatoms. The summed E-state index contributed by atoms with van der Waals surface area (Å²) in [5.74, 6) is -0.945. The molecule has 92 valence electrons. The van der Waals surface area contributed by atoms with Crippen LogP contribution in [-0.4, -0.2) is 20.9 Å². The van der Waals surface area contributed by atoms with Crippen molar-refractivity contribution in [3.63, 3.8) is 0 Å². The average Bonchev–Trinajstić information content (AvgIpc) is 2.73. The van der Waals surface area contributed by atoms with Gasteiger partial charge in [0.1, 0.15) is 0 Å². The third-order valence-corrected chi connectivity index (χ3v) is 2.56. The first-order valence-electron chi connectivity index (χ1n) is 5.63. The van der Waals surface area contributed by atoms with Crippen LogP contribution >= 0.6 is 0 Å². The molecule has 0 atom stereocenters. The van der Waals surface area contributed by atoms with Crippen LogP contribution in [0, 0.1) is 6.92 Å². The molecular weight excluding hydrogens is 228 g/mol. The summed E-state index contributed by atoms with van der Waals surface area (Å²) in [4.78, 5) is 10.5. The fourth-order valence-electron chi connectivity index (χ4n) is 1.73. The molecule has 2 rings (SSSR count). The summed E-state index contributed by atoms with van der Waals surface area (Å²) < 4.78 is 1.84. The van der Waals surface area contributed by atoms with Gasteiger partial charge in [-0.25, -0.2) is 4.79 Å². The van der Waals surface area contributed by atoms with Crippen LogP contribution in [-0.2, 0) is 11.3 Å². The smallest absolute Gasteiger partial charge is 0.328 e. The highest BCUT2D eigenvalue weighted by atomic mass is 16.4. The number of nitrogens with zero attached hydrogens (tertiary/aromatic N) is 2. The number of hydrogen-bond acceptors (Lipinski definition) is 2. The van der Waals surface area contributed by atoms with Crippen molar-refractivity contribution in [2.24, 2.45) is 0 Å². The topological polar surface area (TPSA) is 55.1 Å². The molecule has 1 heterocycles. The molecule has 0 spiro atoms. The highest BCUT2D eigenvalue weighted by molar-refractivity contribution is 5.85. The first kappa shape index (κ1) is 12.1. The molecule has 1 N–H and O–H groups in total. The lowest BCUT2D eigenvalue weighted by Gasteiger charge is -2.05. The Morgan fingerprint density at radius 2 is 2.22 bits per heavy atom. The Hall–Kier alpha value is -2.36. The van der Waals surface area contributed by atoms with E-state index in [0.29, 0.717) is 6.54 Å². The van der Waals surface area contributed by atoms with E-state index in [1.54, 1.807) is 12.3 Å². The monoisotopic (exact) mass is 242 g/mol. The number of hydrogen-bond donors (Lipinski definition) is 1. The fourth-order valence-corrected chi connectivity index (χ4v) is 1.73. The van der Waals surface area contributed by atoms with Crippen molar-refractivity contribution in [1.29, 1.82) is 0 Å². The molecule has 1 aromatic heterocycles. The SMILES string of the molecule is Cc1cnn(Cc2ccccc2C=CC(=O)O)c1. The summed E-state index contributed by atoms with van der Waals surface area (Å²) in [7, 11) is 0. The van der Waals surface area contributed by atoms with Crippen molar-refractivity contribution < 1.29 is 9.90 Å². The van der Waals surface area contributed by atoms with Crippen LogP contribution < -0.4 is 0 Å². The third-order valence-electron chi connectivity index (χ3n) is 2.56. The number of benzene rings is 1. The van der Waals surface area contributed by atoms with Gasteiger partial charge < -0.3 is 5.11 Å². The van der Waals surface area contributed by atoms with Crippen molar-refractivity contribution in [3.05, 3.63) is 59.4 Å². The standard InChI is InChI=1S/C14H14N2O2/c1-11-8-15-16(9-11)10-13-5-3-2-4-12(13)6-7-14(17)18/h2-9H,10H2,1H3,(H,17,18). The lowest BCUT2D eigenvalue weighted by Crippen LogP contribution is -2.01. The van der Waals surface area contributed by atoms with Crippen LogP contribution in [0.1, 0.15) is 16.7 Å². The van der Waals surface area contributed by atoms with Crippen molar-refractivity contribution in [1.82, 2.24) is 9.78 Å². The number of carboxylic acid groups (broad SMARTS) is 1. The predicted octanol–water partition coefficient (Wildman–Crippen LogP) is 2.34. The molecule has 4 nitrogen and oxygen atoms in total. The normalized spacial score (nSPS) is 10.9. The second-order valence-corrected chi connectivity index (χ2v) is 4.09. The summed E-state index contributed by atoms with van der Waals surface area (Å²) in [6.07, 6.45) is 6.51. The Bertz CT molecular complexity index is 585. The Morgan fingerprint density at radius 1 is 1.44 bits per heavy atom. The molecule has 0 radical (unpaired) electrons. The van der Waals surface area contributed by atoms with Gasteiger partial charge in [-0.1, -0.05) is 24.3 Å². The van der Waals surface area contributed by atoms with E-state index in [9.17, 15) is 4.79 Å². The summed E-state index contributed by atoms with van der Waals surface area (Å²) in [5.41, 5.74) is 3.04. The maximum atomic E-state index is 10.5. The molecule has 0 saturated heterocycles. The first-order chi connectivity index (χ1) is 8.65. The summed E-state index contributed by atoms with van der Waals surface area (Å²) in [6.45, 7) is 2.62. The minimum atomic E-state index is -0.945. The van der Waals surface area contributed by atoms with Crippen LogP contribution in [0.3, 0.4) is 0 Å². The molecular formula is C14H14N2O2. The van der Waals surface area contributed by atoms with Crippen LogP contribution in [0.5, 0.6) is 0 Å². The number of aromatic nitrogens is 2. The van der Waals surface area contributed by atoms with E-state index in [0.717, 1.165) is 22.8 Å². The Kier molecular flexibility index (Phi) is 3.57. The zero-order chi connectivity index (χ0) is 13.0. The van der Waals surface area contributed by atoms with E-state index >= 15 is 0 Å². The molecule has 0 aliphatic heterocycles. The third kappa shape index (κ3) is 3.07. The Morgan fingerprint density at radius 3 is 2.89 bits per heavy atom. The lowest BCUT2D eigenvalue weighted by atomic mass is 10.1. The average molecular weight is 242 g/mol. The zero-order valence-electron chi connectivity index (χ0n) is 10.1. The van der Waals surface area contributed by atoms with E-state index in [2.05, 4.69) is 5.10 Å². The van der Waals surface area contributed by atoms with E-state index in [4.69, 9.17) is 5.11 Å². The molecule has 0 aliphatic rings. The van der Waals surface area contributed by atoms with E-state index in [-0.39, 0.29) is 0 Å². The molecule has 1 aromatic carbocycles. The van der Waals surface area contributed by atoms with Crippen LogP contribution in [0.2, 0.25) is 0 Å². The number of carboxylic acids is 1. The molecule has 0 amide bonds. The molecule has 0 saturated carbocycles. The van der Waals surface area contributed by atoms with Gasteiger partial charge in [-0.15, -0.1) is 0 Å². The molecule has 18 heavy (non-hydrogen) atoms. The van der Waals surface area contributed by atoms with E-state index in [1.807, 2.05) is 42.1 Å². The highest BCUT2D eigenvalue weighted by Crippen LogP contribution is 2.12. The number of rotatable bonds is 4. The Labute approximate surface area is 105 Å². The van der Waals surface area contributed by atoms with Gasteiger partial charge in [-0.2, -0.15) is 5.10 Å². The Balaban J connectivity index is 2.24. The van der Waals surface area contributed by atoms with Crippen LogP contribution in [0.15, 0.2) is 42.7 Å². The summed E-state index contributed by atoms with van der Waals surface area (Å²) >= 11 is 0. The molecule has 0 fully saturated rings. The van der Waals surface area contributed by atoms with Gasteiger partial charge in [-0.3, -0.25) is 4.68 Å². The van der Waals surface area contributed by atoms with Gasteiger partial charge in [0.2, 0.25) is 0 Å². The lowest BCUT2D eigenvalue weighted by molar-refractivity contribution is -0.131. The van der Waals surface area contributed by atoms with Gasteiger partial charge >= 0.3 is 5.97 Å². The molecule has 0 unspecified atom stereocenters. The fraction of sp³-hybridized carbons (Fsp3) is 0.143. The summed E-state index contributed by atoms with van der Waals surface area (Å²) in [5, 5.41) is 12.9. The second kappa shape index (κ2) is 5.31. The highest BCUT2D eigenvalue weighted by Gasteiger charge is 2.01. The largest absolute Gasteiger partial charge is 0.478 e. The van der Waals surface area contributed by atoms with Crippen molar-refractivity contribution in [3.8, 4) is 0 Å². The van der Waals surface area contributed by atoms with Gasteiger partial charge in [0.25, 0.3) is 0 Å². The number of aliphatic carboxylic acids is 1. The quantitative estimate of drug-likeness (QED) is 0.837. The van der Waals surface area contributed by atoms with Gasteiger partial charge in [0.15, 0.2) is 0 Å². The predicted molar refractivity (Wildman–Crippen MR) is 69.2 cm³/mol. The maximum absolute atomic E-state index is 10.5. The summed E-state index contributed by atoms with van der Waals surface area (Å²) in [6, 6.07) is 7.69. The van der Waals surface area contributed by atoms with E-state index < -0.39 is 5.97 Å². The van der Waals surface area contributed by atoms with Gasteiger partial charge in [-0.05, 0) is 29.7 Å². The zero-order valence-corrected chi connectivity index (χ0v) is 10.1. The van der Waals surface area contributed by atoms with Crippen molar-refractivity contribution in [2.45, 2.75) is 13.5 Å². The number of carbonyl (C=O) groups is 1. The van der Waals surface area contributed by atoms with Crippen molar-refractivity contribution in [2.75, 3.05) is 0 Å². The molecule has 0 bridgehead atoms. The minimum absolute atomic E-state index is 0.633. The number of aryl methyl sites for hydroxylation is 1. The molecule has 0 aliphatic carbocycles. The molecule has 2 aromatic rings. The van der Waals surface area contributed by atoms with Crippen LogP contribution in [0.25, 0.3) is 6.08 Å². The van der Waals surface area contributed by atoms with Gasteiger partial charge in [0.05, 0.1) is 12.7 Å². The van der Waals surface area contributed by atoms with Crippen molar-refractivity contribution >= 4 is 12.0 Å². The first-order valence-corrected chi connectivity index (χ1v) is 5.63. The maximum Gasteiger partial charge on any atom is 0.328 e. The van der Waals surface area contributed by atoms with Gasteiger partial charge in [0, 0.05) is 12.3 Å². The minimum Gasteiger partial charge on any atom is -0.478 e. The van der Waals surface area contributed by atoms with Crippen LogP contribution in [0.4, 0.5) is 0 Å². The van der Waals surface area contributed by atoms with E-state index in [1.165, 1.54) is 0 Å².